The number of hydrogen-bond acceptors (Lipinski definition) is 5. The van der Waals surface area contributed by atoms with E-state index in [2.05, 4.69) is 20.9 Å². The van der Waals surface area contributed by atoms with Gasteiger partial charge >= 0.3 is 0 Å². The summed E-state index contributed by atoms with van der Waals surface area (Å²) in [7, 11) is -2.49. The van der Waals surface area contributed by atoms with Crippen molar-refractivity contribution in [2.75, 3.05) is 32.4 Å². The molecule has 2 rings (SSSR count). The Morgan fingerprint density at radius 1 is 1.41 bits per heavy atom. The van der Waals surface area contributed by atoms with Gasteiger partial charge in [-0.1, -0.05) is 0 Å². The molecular weight excluding hydrogens is 372 g/mol. The molecule has 1 fully saturated rings. The largest absolute Gasteiger partial charge is 0.383 e. The normalized spacial score (nSPS) is 16.0. The van der Waals surface area contributed by atoms with E-state index in [1.54, 1.807) is 4.90 Å². The lowest BCUT2D eigenvalue weighted by molar-refractivity contribution is -0.132. The van der Waals surface area contributed by atoms with Crippen LogP contribution in [0.25, 0.3) is 0 Å². The Morgan fingerprint density at radius 3 is 2.68 bits per heavy atom. The molecule has 2 N–H and O–H groups in total. The number of rotatable bonds is 4. The number of carbonyl (C=O) groups is 1. The van der Waals surface area contributed by atoms with Crippen molar-refractivity contribution in [3.63, 3.8) is 0 Å². The van der Waals surface area contributed by atoms with Gasteiger partial charge in [-0.15, -0.1) is 0 Å². The van der Waals surface area contributed by atoms with Crippen LogP contribution in [0.1, 0.15) is 19.3 Å². The van der Waals surface area contributed by atoms with E-state index in [-0.39, 0.29) is 23.2 Å². The summed E-state index contributed by atoms with van der Waals surface area (Å²) in [5.41, 5.74) is 5.65. The molecule has 1 aromatic heterocycles. The minimum absolute atomic E-state index is 0.0829. The molecular formula is C13H19BrN4O3S. The van der Waals surface area contributed by atoms with Gasteiger partial charge in [-0.2, -0.15) is 4.31 Å². The fraction of sp³-hybridized carbons (Fsp3) is 0.538. The van der Waals surface area contributed by atoms with Gasteiger partial charge in [0.15, 0.2) is 0 Å². The van der Waals surface area contributed by atoms with Crippen molar-refractivity contribution >= 4 is 37.7 Å². The third-order valence-electron chi connectivity index (χ3n) is 3.60. The second-order valence-electron chi connectivity index (χ2n) is 5.24. The zero-order valence-corrected chi connectivity index (χ0v) is 14.7. The highest BCUT2D eigenvalue weighted by atomic mass is 79.9. The second-order valence-corrected chi connectivity index (χ2v) is 8.17. The monoisotopic (exact) mass is 390 g/mol. The number of halogens is 1. The summed E-state index contributed by atoms with van der Waals surface area (Å²) < 4.78 is 26.6. The molecule has 1 aromatic rings. The molecule has 0 spiro atoms. The SMILES string of the molecule is CN(CC(=O)N1CCCCC1)S(=O)(=O)c1cc(Br)cnc1N. The number of nitrogens with zero attached hydrogens (tertiary/aromatic N) is 3. The minimum Gasteiger partial charge on any atom is -0.383 e. The Hall–Kier alpha value is -1.19. The van der Waals surface area contributed by atoms with E-state index in [1.165, 1.54) is 19.3 Å². The van der Waals surface area contributed by atoms with E-state index in [4.69, 9.17) is 5.73 Å². The Labute approximate surface area is 138 Å². The smallest absolute Gasteiger partial charge is 0.246 e. The first-order valence-electron chi connectivity index (χ1n) is 6.97. The fourth-order valence-corrected chi connectivity index (χ4v) is 4.02. The van der Waals surface area contributed by atoms with Crippen LogP contribution in [0.3, 0.4) is 0 Å². The van der Waals surface area contributed by atoms with Crippen molar-refractivity contribution in [2.45, 2.75) is 24.2 Å². The summed E-state index contributed by atoms with van der Waals surface area (Å²) in [6.07, 6.45) is 4.46. The van der Waals surface area contributed by atoms with Crippen molar-refractivity contribution in [1.29, 1.82) is 0 Å². The zero-order chi connectivity index (χ0) is 16.3. The van der Waals surface area contributed by atoms with Crippen LogP contribution in [0.2, 0.25) is 0 Å². The average Bonchev–Trinajstić information content (AvgIpc) is 2.50. The highest BCUT2D eigenvalue weighted by molar-refractivity contribution is 9.10. The van der Waals surface area contributed by atoms with E-state index in [9.17, 15) is 13.2 Å². The number of sulfonamides is 1. The van der Waals surface area contributed by atoms with Crippen LogP contribution in [0, 0.1) is 0 Å². The molecule has 0 atom stereocenters. The molecule has 0 bridgehead atoms. The molecule has 1 aliphatic heterocycles. The maximum Gasteiger partial charge on any atom is 0.246 e. The molecule has 0 unspecified atom stereocenters. The number of likely N-dealkylation sites (N-methyl/N-ethyl adjacent to an activating group) is 1. The number of nitrogens with two attached hydrogens (primary N) is 1. The summed E-state index contributed by atoms with van der Waals surface area (Å²) in [5.74, 6) is -0.271. The summed E-state index contributed by atoms with van der Waals surface area (Å²) in [6, 6.07) is 1.39. The number of carbonyl (C=O) groups excluding carboxylic acids is 1. The Balaban J connectivity index is 2.15. The predicted molar refractivity (Wildman–Crippen MR) is 86.6 cm³/mol. The molecule has 1 amide bonds. The molecule has 1 saturated heterocycles. The van der Waals surface area contributed by atoms with Crippen molar-refractivity contribution < 1.29 is 13.2 Å². The van der Waals surface area contributed by atoms with Gasteiger partial charge < -0.3 is 10.6 Å². The van der Waals surface area contributed by atoms with Crippen molar-refractivity contribution in [3.8, 4) is 0 Å². The number of hydrogen-bond donors (Lipinski definition) is 1. The van der Waals surface area contributed by atoms with Gasteiger partial charge in [0.25, 0.3) is 0 Å². The van der Waals surface area contributed by atoms with E-state index in [0.717, 1.165) is 23.6 Å². The van der Waals surface area contributed by atoms with Crippen molar-refractivity contribution in [3.05, 3.63) is 16.7 Å². The highest BCUT2D eigenvalue weighted by Crippen LogP contribution is 2.23. The maximum absolute atomic E-state index is 12.5. The first kappa shape index (κ1) is 17.2. The predicted octanol–water partition coefficient (Wildman–Crippen LogP) is 1.06. The summed E-state index contributed by atoms with van der Waals surface area (Å²) in [6.45, 7) is 1.18. The third kappa shape index (κ3) is 3.76. The molecule has 9 heteroatoms. The quantitative estimate of drug-likeness (QED) is 0.828. The van der Waals surface area contributed by atoms with Gasteiger partial charge in [-0.3, -0.25) is 4.79 Å². The summed E-state index contributed by atoms with van der Waals surface area (Å²) in [4.78, 5) is 17.6. The standard InChI is InChI=1S/C13H19BrN4O3S/c1-17(9-12(19)18-5-3-2-4-6-18)22(20,21)11-7-10(14)8-16-13(11)15/h7-8H,2-6,9H2,1H3,(H2,15,16). The number of anilines is 1. The topological polar surface area (TPSA) is 96.6 Å². The van der Waals surface area contributed by atoms with Crippen LogP contribution in [0.4, 0.5) is 5.82 Å². The molecule has 0 aliphatic carbocycles. The van der Waals surface area contributed by atoms with Crippen LogP contribution in [0.15, 0.2) is 21.6 Å². The van der Waals surface area contributed by atoms with Gasteiger partial charge in [-0.05, 0) is 41.3 Å². The summed E-state index contributed by atoms with van der Waals surface area (Å²) >= 11 is 3.18. The number of amides is 1. The van der Waals surface area contributed by atoms with Crippen molar-refractivity contribution in [2.24, 2.45) is 0 Å². The summed E-state index contributed by atoms with van der Waals surface area (Å²) in [5, 5.41) is 0. The van der Waals surface area contributed by atoms with Crippen LogP contribution in [-0.4, -0.2) is 55.2 Å². The minimum atomic E-state index is -3.86. The van der Waals surface area contributed by atoms with Gasteiger partial charge in [0.2, 0.25) is 15.9 Å². The number of likely N-dealkylation sites (tertiary alicyclic amines) is 1. The molecule has 2 heterocycles. The Morgan fingerprint density at radius 2 is 2.05 bits per heavy atom. The second kappa shape index (κ2) is 6.93. The number of pyridine rings is 1. The van der Waals surface area contributed by atoms with E-state index in [1.807, 2.05) is 0 Å². The molecule has 0 radical (unpaired) electrons. The molecule has 122 valence electrons. The average molecular weight is 391 g/mol. The van der Waals surface area contributed by atoms with E-state index < -0.39 is 10.0 Å². The van der Waals surface area contributed by atoms with Crippen LogP contribution in [0.5, 0.6) is 0 Å². The fourth-order valence-electron chi connectivity index (χ4n) is 2.32. The van der Waals surface area contributed by atoms with Crippen LogP contribution in [-0.2, 0) is 14.8 Å². The Bertz CT molecular complexity index is 659. The Kier molecular flexibility index (Phi) is 5.41. The number of piperidine rings is 1. The maximum atomic E-state index is 12.5. The number of aromatic nitrogens is 1. The first-order valence-corrected chi connectivity index (χ1v) is 9.21. The molecule has 22 heavy (non-hydrogen) atoms. The highest BCUT2D eigenvalue weighted by Gasteiger charge is 2.28. The van der Waals surface area contributed by atoms with E-state index in [0.29, 0.717) is 17.6 Å². The lowest BCUT2D eigenvalue weighted by Crippen LogP contribution is -2.43. The lowest BCUT2D eigenvalue weighted by atomic mass is 10.1. The molecule has 0 aromatic carbocycles. The van der Waals surface area contributed by atoms with Crippen molar-refractivity contribution in [1.82, 2.24) is 14.2 Å². The molecule has 7 nitrogen and oxygen atoms in total. The van der Waals surface area contributed by atoms with Crippen LogP contribution < -0.4 is 5.73 Å². The van der Waals surface area contributed by atoms with E-state index >= 15 is 0 Å². The van der Waals surface area contributed by atoms with Gasteiger partial charge in [-0.25, -0.2) is 13.4 Å². The third-order valence-corrected chi connectivity index (χ3v) is 5.87. The zero-order valence-electron chi connectivity index (χ0n) is 12.3. The number of nitrogen functional groups attached to an aromatic ring is 1. The van der Waals surface area contributed by atoms with Gasteiger partial charge in [0, 0.05) is 30.8 Å². The first-order chi connectivity index (χ1) is 10.3. The molecule has 1 aliphatic rings. The van der Waals surface area contributed by atoms with Crippen LogP contribution >= 0.6 is 15.9 Å². The lowest BCUT2D eigenvalue weighted by Gasteiger charge is -2.28. The van der Waals surface area contributed by atoms with Gasteiger partial charge in [0.1, 0.15) is 10.7 Å². The molecule has 0 saturated carbocycles. The van der Waals surface area contributed by atoms with Gasteiger partial charge in [0.05, 0.1) is 6.54 Å².